The van der Waals surface area contributed by atoms with E-state index in [1.54, 1.807) is 60.7 Å². The van der Waals surface area contributed by atoms with Crippen molar-refractivity contribution in [1.29, 1.82) is 0 Å². The van der Waals surface area contributed by atoms with Gasteiger partial charge in [0, 0.05) is 11.4 Å². The number of carbonyl (C=O) groups is 3. The van der Waals surface area contributed by atoms with Crippen LogP contribution in [0, 0.1) is 0 Å². The van der Waals surface area contributed by atoms with Crippen LogP contribution in [0.1, 0.15) is 5.56 Å². The van der Waals surface area contributed by atoms with E-state index in [1.165, 1.54) is 13.3 Å². The van der Waals surface area contributed by atoms with E-state index in [0.717, 1.165) is 0 Å². The number of anilines is 2. The van der Waals surface area contributed by atoms with Crippen molar-refractivity contribution in [2.24, 2.45) is 5.10 Å². The summed E-state index contributed by atoms with van der Waals surface area (Å²) in [5, 5.41) is 8.97. The summed E-state index contributed by atoms with van der Waals surface area (Å²) in [5.41, 5.74) is 3.89. The molecule has 0 aliphatic rings. The lowest BCUT2D eigenvalue weighted by atomic mass is 10.2. The van der Waals surface area contributed by atoms with Crippen molar-refractivity contribution in [2.45, 2.75) is 0 Å². The summed E-state index contributed by atoms with van der Waals surface area (Å²) in [6.45, 7) is -0.169. The number of carbonyl (C=O) groups excluding carboxylic acids is 3. The molecule has 3 N–H and O–H groups in total. The number of hydrogen-bond acceptors (Lipinski definition) is 6. The molecule has 0 spiro atoms. The van der Waals surface area contributed by atoms with Gasteiger partial charge in [-0.2, -0.15) is 5.10 Å². The number of ether oxygens (including phenoxy) is 2. The minimum atomic E-state index is -0.924. The number of hydrazone groups is 1. The molecule has 0 aliphatic heterocycles. The van der Waals surface area contributed by atoms with Crippen molar-refractivity contribution < 1.29 is 23.9 Å². The van der Waals surface area contributed by atoms with E-state index in [1.807, 2.05) is 18.2 Å². The lowest BCUT2D eigenvalue weighted by Crippen LogP contribution is -2.32. The Kier molecular flexibility index (Phi) is 8.13. The van der Waals surface area contributed by atoms with Crippen molar-refractivity contribution in [3.05, 3.63) is 84.4 Å². The molecule has 0 unspecified atom stereocenters. The molecule has 0 fully saturated rings. The van der Waals surface area contributed by atoms with Crippen LogP contribution in [0.15, 0.2) is 84.0 Å². The molecule has 33 heavy (non-hydrogen) atoms. The fourth-order valence-corrected chi connectivity index (χ4v) is 2.63. The third-order valence-corrected chi connectivity index (χ3v) is 4.22. The van der Waals surface area contributed by atoms with Gasteiger partial charge in [0.2, 0.25) is 0 Å². The highest BCUT2D eigenvalue weighted by molar-refractivity contribution is 6.39. The largest absolute Gasteiger partial charge is 0.497 e. The molecule has 3 aromatic rings. The first-order valence-corrected chi connectivity index (χ1v) is 9.89. The number of amides is 3. The van der Waals surface area contributed by atoms with Crippen molar-refractivity contribution in [3.63, 3.8) is 0 Å². The Hall–Kier alpha value is -4.66. The molecule has 168 valence electrons. The van der Waals surface area contributed by atoms with Gasteiger partial charge in [0.15, 0.2) is 6.61 Å². The number of nitrogens with zero attached hydrogens (tertiary/aromatic N) is 1. The Morgan fingerprint density at radius 1 is 0.818 bits per heavy atom. The molecule has 0 bridgehead atoms. The minimum absolute atomic E-state index is 0.169. The molecule has 3 amide bonds. The normalized spacial score (nSPS) is 10.3. The van der Waals surface area contributed by atoms with E-state index in [2.05, 4.69) is 21.2 Å². The van der Waals surface area contributed by atoms with Crippen molar-refractivity contribution >= 4 is 35.3 Å². The molecular formula is C24H22N4O5. The summed E-state index contributed by atoms with van der Waals surface area (Å²) in [6.07, 6.45) is 1.36. The number of nitrogens with one attached hydrogen (secondary N) is 3. The predicted molar refractivity (Wildman–Crippen MR) is 124 cm³/mol. The zero-order valence-corrected chi connectivity index (χ0v) is 17.8. The molecule has 0 aliphatic carbocycles. The van der Waals surface area contributed by atoms with Gasteiger partial charge in [-0.3, -0.25) is 14.4 Å². The quantitative estimate of drug-likeness (QED) is 0.279. The summed E-state index contributed by atoms with van der Waals surface area (Å²) >= 11 is 0. The smallest absolute Gasteiger partial charge is 0.329 e. The molecule has 0 saturated carbocycles. The Bertz CT molecular complexity index is 1130. The second kappa shape index (κ2) is 11.7. The van der Waals surface area contributed by atoms with Crippen LogP contribution in [0.3, 0.4) is 0 Å². The first kappa shape index (κ1) is 23.0. The maximum atomic E-state index is 12.0. The molecule has 3 rings (SSSR count). The topological polar surface area (TPSA) is 118 Å². The fraction of sp³-hybridized carbons (Fsp3) is 0.0833. The third kappa shape index (κ3) is 7.51. The van der Waals surface area contributed by atoms with Crippen LogP contribution in [0.2, 0.25) is 0 Å². The van der Waals surface area contributed by atoms with Crippen molar-refractivity contribution in [3.8, 4) is 11.5 Å². The van der Waals surface area contributed by atoms with E-state index in [4.69, 9.17) is 9.47 Å². The number of hydrogen-bond donors (Lipinski definition) is 3. The number of rotatable bonds is 8. The number of benzene rings is 3. The van der Waals surface area contributed by atoms with Gasteiger partial charge in [-0.05, 0) is 54.1 Å². The monoisotopic (exact) mass is 446 g/mol. The molecular weight excluding hydrogens is 424 g/mol. The van der Waals surface area contributed by atoms with E-state index < -0.39 is 11.8 Å². The molecule has 0 aromatic heterocycles. The summed E-state index contributed by atoms with van der Waals surface area (Å²) in [4.78, 5) is 35.9. The Morgan fingerprint density at radius 3 is 2.27 bits per heavy atom. The van der Waals surface area contributed by atoms with Gasteiger partial charge in [0.05, 0.1) is 13.3 Å². The van der Waals surface area contributed by atoms with Gasteiger partial charge in [-0.15, -0.1) is 0 Å². The van der Waals surface area contributed by atoms with Crippen LogP contribution in [-0.2, 0) is 14.4 Å². The lowest BCUT2D eigenvalue weighted by Gasteiger charge is -2.08. The molecule has 9 heteroatoms. The average Bonchev–Trinajstić information content (AvgIpc) is 2.84. The first-order valence-electron chi connectivity index (χ1n) is 9.89. The third-order valence-electron chi connectivity index (χ3n) is 4.22. The molecule has 0 radical (unpaired) electrons. The summed E-state index contributed by atoms with van der Waals surface area (Å²) in [6, 6.07) is 22.4. The standard InChI is InChI=1S/C24H22N4O5/c1-32-20-12-10-19(11-13-20)27-23(30)24(31)28-25-15-17-6-5-9-21(14-17)33-16-22(29)26-18-7-3-2-4-8-18/h2-15H,16H2,1H3,(H,26,29)(H,27,30)(H,28,31). The van der Waals surface area contributed by atoms with E-state index in [9.17, 15) is 14.4 Å². The van der Waals surface area contributed by atoms with Gasteiger partial charge in [0.1, 0.15) is 11.5 Å². The zero-order chi connectivity index (χ0) is 23.5. The molecule has 9 nitrogen and oxygen atoms in total. The SMILES string of the molecule is COc1ccc(NC(=O)C(=O)NN=Cc2cccc(OCC(=O)Nc3ccccc3)c2)cc1. The van der Waals surface area contributed by atoms with Crippen LogP contribution < -0.4 is 25.5 Å². The summed E-state index contributed by atoms with van der Waals surface area (Å²) in [7, 11) is 1.53. The Morgan fingerprint density at radius 2 is 1.55 bits per heavy atom. The van der Waals surface area contributed by atoms with E-state index >= 15 is 0 Å². The van der Waals surface area contributed by atoms with Gasteiger partial charge in [-0.1, -0.05) is 30.3 Å². The number of methoxy groups -OCH3 is 1. The molecule has 0 atom stereocenters. The maximum Gasteiger partial charge on any atom is 0.329 e. The van der Waals surface area contributed by atoms with Gasteiger partial charge >= 0.3 is 11.8 Å². The van der Waals surface area contributed by atoms with Gasteiger partial charge in [-0.25, -0.2) is 5.43 Å². The highest BCUT2D eigenvalue weighted by atomic mass is 16.5. The first-order chi connectivity index (χ1) is 16.0. The van der Waals surface area contributed by atoms with Gasteiger partial charge in [0.25, 0.3) is 5.91 Å². The highest BCUT2D eigenvalue weighted by Gasteiger charge is 2.12. The minimum Gasteiger partial charge on any atom is -0.497 e. The van der Waals surface area contributed by atoms with Crippen molar-refractivity contribution in [2.75, 3.05) is 24.4 Å². The van der Waals surface area contributed by atoms with Crippen LogP contribution >= 0.6 is 0 Å². The van der Waals surface area contributed by atoms with Crippen LogP contribution in [-0.4, -0.2) is 37.7 Å². The fourth-order valence-electron chi connectivity index (χ4n) is 2.63. The van der Waals surface area contributed by atoms with Crippen molar-refractivity contribution in [1.82, 2.24) is 5.43 Å². The number of para-hydroxylation sites is 1. The second-order valence-corrected chi connectivity index (χ2v) is 6.66. The maximum absolute atomic E-state index is 12.0. The zero-order valence-electron chi connectivity index (χ0n) is 17.8. The summed E-state index contributed by atoms with van der Waals surface area (Å²) in [5.74, 6) is -1.00. The predicted octanol–water partition coefficient (Wildman–Crippen LogP) is 2.80. The molecule has 0 saturated heterocycles. The Balaban J connectivity index is 1.46. The summed E-state index contributed by atoms with van der Waals surface area (Å²) < 4.78 is 10.5. The lowest BCUT2D eigenvalue weighted by molar-refractivity contribution is -0.136. The van der Waals surface area contributed by atoms with Crippen LogP contribution in [0.5, 0.6) is 11.5 Å². The van der Waals surface area contributed by atoms with E-state index in [-0.39, 0.29) is 12.5 Å². The Labute approximate surface area is 190 Å². The average molecular weight is 446 g/mol. The second-order valence-electron chi connectivity index (χ2n) is 6.66. The molecule has 0 heterocycles. The van der Waals surface area contributed by atoms with Crippen LogP contribution in [0.4, 0.5) is 11.4 Å². The molecule has 3 aromatic carbocycles. The van der Waals surface area contributed by atoms with Gasteiger partial charge < -0.3 is 20.1 Å². The van der Waals surface area contributed by atoms with E-state index in [0.29, 0.717) is 28.4 Å². The highest BCUT2D eigenvalue weighted by Crippen LogP contribution is 2.15. The van der Waals surface area contributed by atoms with Crippen LogP contribution in [0.25, 0.3) is 0 Å².